The van der Waals surface area contributed by atoms with E-state index in [1.165, 1.54) is 31.8 Å². The van der Waals surface area contributed by atoms with E-state index < -0.39 is 11.9 Å². The standard InChI is InChI=1S/C19H24O4/c1-10-8-9-13-11(2)15(18(20)22-3)17(19(21)23-4)14-7-5-6-12(10)16(13)14/h10,12H,5-9H2,1-4H3/t10-,12+/m1/s1. The molecule has 0 heterocycles. The van der Waals surface area contributed by atoms with Crippen LogP contribution in [0, 0.1) is 12.8 Å². The predicted octanol–water partition coefficient (Wildman–Crippen LogP) is 3.57. The minimum atomic E-state index is -0.442. The van der Waals surface area contributed by atoms with Crippen LogP contribution in [0.15, 0.2) is 0 Å². The average Bonchev–Trinajstić information content (AvgIpc) is 2.57. The first-order chi connectivity index (χ1) is 11.0. The largest absolute Gasteiger partial charge is 0.465 e. The highest BCUT2D eigenvalue weighted by molar-refractivity contribution is 6.06. The van der Waals surface area contributed by atoms with Gasteiger partial charge in [-0.15, -0.1) is 0 Å². The molecule has 1 aromatic carbocycles. The van der Waals surface area contributed by atoms with Gasteiger partial charge in [0.25, 0.3) is 0 Å². The van der Waals surface area contributed by atoms with Crippen molar-refractivity contribution in [2.75, 3.05) is 14.2 Å². The van der Waals surface area contributed by atoms with Gasteiger partial charge in [0.15, 0.2) is 0 Å². The van der Waals surface area contributed by atoms with Crippen molar-refractivity contribution in [3.05, 3.63) is 33.4 Å². The molecule has 0 unspecified atom stereocenters. The van der Waals surface area contributed by atoms with Crippen molar-refractivity contribution in [2.45, 2.75) is 51.9 Å². The first-order valence-electron chi connectivity index (χ1n) is 8.36. The van der Waals surface area contributed by atoms with Gasteiger partial charge in [0.1, 0.15) is 0 Å². The fourth-order valence-corrected chi connectivity index (χ4v) is 4.51. The first kappa shape index (κ1) is 16.0. The molecule has 2 aliphatic rings. The molecule has 3 rings (SSSR count). The number of methoxy groups -OCH3 is 2. The van der Waals surface area contributed by atoms with E-state index in [1.54, 1.807) is 0 Å². The number of benzene rings is 1. The molecular weight excluding hydrogens is 292 g/mol. The van der Waals surface area contributed by atoms with Crippen molar-refractivity contribution >= 4 is 11.9 Å². The van der Waals surface area contributed by atoms with Gasteiger partial charge in [0.2, 0.25) is 0 Å². The van der Waals surface area contributed by atoms with E-state index in [-0.39, 0.29) is 0 Å². The zero-order chi connectivity index (χ0) is 16.7. The molecule has 0 saturated carbocycles. The third-order valence-corrected chi connectivity index (χ3v) is 5.66. The molecule has 2 aliphatic carbocycles. The molecule has 0 fully saturated rings. The van der Waals surface area contributed by atoms with Crippen LogP contribution in [0.4, 0.5) is 0 Å². The van der Waals surface area contributed by atoms with E-state index in [4.69, 9.17) is 9.47 Å². The normalized spacial score (nSPS) is 22.3. The van der Waals surface area contributed by atoms with Crippen molar-refractivity contribution in [1.29, 1.82) is 0 Å². The van der Waals surface area contributed by atoms with E-state index >= 15 is 0 Å². The number of ether oxygens (including phenoxy) is 2. The molecule has 1 aromatic rings. The molecule has 0 spiro atoms. The maximum atomic E-state index is 12.5. The molecule has 23 heavy (non-hydrogen) atoms. The second kappa shape index (κ2) is 5.99. The highest BCUT2D eigenvalue weighted by Crippen LogP contribution is 2.47. The van der Waals surface area contributed by atoms with Crippen LogP contribution in [0.2, 0.25) is 0 Å². The van der Waals surface area contributed by atoms with Gasteiger partial charge in [-0.2, -0.15) is 0 Å². The molecule has 0 aliphatic heterocycles. The van der Waals surface area contributed by atoms with Crippen LogP contribution in [0.25, 0.3) is 0 Å². The highest BCUT2D eigenvalue weighted by atomic mass is 16.5. The topological polar surface area (TPSA) is 52.6 Å². The molecular formula is C19H24O4. The van der Waals surface area contributed by atoms with Crippen LogP contribution in [0.3, 0.4) is 0 Å². The Balaban J connectivity index is 2.36. The monoisotopic (exact) mass is 316 g/mol. The van der Waals surface area contributed by atoms with Gasteiger partial charge >= 0.3 is 11.9 Å². The third kappa shape index (κ3) is 2.35. The summed E-state index contributed by atoms with van der Waals surface area (Å²) in [5.41, 5.74) is 5.35. The fourth-order valence-electron chi connectivity index (χ4n) is 4.51. The lowest BCUT2D eigenvalue weighted by molar-refractivity contribution is 0.0552. The Bertz CT molecular complexity index is 675. The molecule has 0 radical (unpaired) electrons. The lowest BCUT2D eigenvalue weighted by Crippen LogP contribution is -2.29. The van der Waals surface area contributed by atoms with Crippen LogP contribution >= 0.6 is 0 Å². The van der Waals surface area contributed by atoms with Gasteiger partial charge in [-0.25, -0.2) is 9.59 Å². The van der Waals surface area contributed by atoms with Crippen LogP contribution in [-0.2, 0) is 22.3 Å². The quantitative estimate of drug-likeness (QED) is 0.783. The second-order valence-electron chi connectivity index (χ2n) is 6.74. The molecule has 4 nitrogen and oxygen atoms in total. The lowest BCUT2D eigenvalue weighted by atomic mass is 9.66. The van der Waals surface area contributed by atoms with Crippen molar-refractivity contribution in [3.63, 3.8) is 0 Å². The Hall–Kier alpha value is -1.84. The molecule has 4 heteroatoms. The molecule has 0 N–H and O–H groups in total. The molecule has 0 bridgehead atoms. The Labute approximate surface area is 137 Å². The number of hydrogen-bond acceptors (Lipinski definition) is 4. The third-order valence-electron chi connectivity index (χ3n) is 5.66. The van der Waals surface area contributed by atoms with Crippen molar-refractivity contribution in [3.8, 4) is 0 Å². The van der Waals surface area contributed by atoms with Gasteiger partial charge in [0.05, 0.1) is 25.3 Å². The van der Waals surface area contributed by atoms with Gasteiger partial charge in [-0.3, -0.25) is 0 Å². The number of esters is 2. The summed E-state index contributed by atoms with van der Waals surface area (Å²) in [4.78, 5) is 24.8. The number of carbonyl (C=O) groups excluding carboxylic acids is 2. The predicted molar refractivity (Wildman–Crippen MR) is 87.0 cm³/mol. The molecule has 0 amide bonds. The van der Waals surface area contributed by atoms with Crippen molar-refractivity contribution in [2.24, 2.45) is 5.92 Å². The van der Waals surface area contributed by atoms with E-state index in [0.717, 1.165) is 36.8 Å². The summed E-state index contributed by atoms with van der Waals surface area (Å²) < 4.78 is 9.96. The minimum Gasteiger partial charge on any atom is -0.465 e. The zero-order valence-corrected chi connectivity index (χ0v) is 14.3. The summed E-state index contributed by atoms with van der Waals surface area (Å²) >= 11 is 0. The highest BCUT2D eigenvalue weighted by Gasteiger charge is 2.38. The maximum Gasteiger partial charge on any atom is 0.339 e. The van der Waals surface area contributed by atoms with E-state index in [0.29, 0.717) is 23.0 Å². The van der Waals surface area contributed by atoms with Crippen LogP contribution < -0.4 is 0 Å². The SMILES string of the molecule is COC(=O)c1c(C)c2c3c(c1C(=O)OC)CCC[C@H]3[C@H](C)CC2. The maximum absolute atomic E-state index is 12.5. The average molecular weight is 316 g/mol. The number of carbonyl (C=O) groups is 2. The van der Waals surface area contributed by atoms with E-state index in [9.17, 15) is 9.59 Å². The second-order valence-corrected chi connectivity index (χ2v) is 6.74. The number of rotatable bonds is 2. The molecule has 2 atom stereocenters. The summed E-state index contributed by atoms with van der Waals surface area (Å²) in [5, 5.41) is 0. The number of hydrogen-bond donors (Lipinski definition) is 0. The molecule has 0 aromatic heterocycles. The van der Waals surface area contributed by atoms with Crippen molar-refractivity contribution in [1.82, 2.24) is 0 Å². The van der Waals surface area contributed by atoms with Gasteiger partial charge in [0, 0.05) is 0 Å². The van der Waals surface area contributed by atoms with Crippen LogP contribution in [0.1, 0.15) is 75.1 Å². The minimum absolute atomic E-state index is 0.406. The van der Waals surface area contributed by atoms with E-state index in [1.807, 2.05) is 6.92 Å². The summed E-state index contributed by atoms with van der Waals surface area (Å²) in [5.74, 6) is 0.250. The lowest BCUT2D eigenvalue weighted by Gasteiger charge is -2.39. The van der Waals surface area contributed by atoms with Crippen LogP contribution in [0.5, 0.6) is 0 Å². The summed E-state index contributed by atoms with van der Waals surface area (Å²) in [6.45, 7) is 4.24. The summed E-state index contributed by atoms with van der Waals surface area (Å²) in [6, 6.07) is 0. The summed E-state index contributed by atoms with van der Waals surface area (Å²) in [6.07, 6.45) is 5.15. The van der Waals surface area contributed by atoms with Gasteiger partial charge < -0.3 is 9.47 Å². The van der Waals surface area contributed by atoms with Gasteiger partial charge in [-0.1, -0.05) is 6.92 Å². The Morgan fingerprint density at radius 2 is 1.61 bits per heavy atom. The zero-order valence-electron chi connectivity index (χ0n) is 14.3. The molecule has 0 saturated heterocycles. The fraction of sp³-hybridized carbons (Fsp3) is 0.579. The first-order valence-corrected chi connectivity index (χ1v) is 8.36. The van der Waals surface area contributed by atoms with Gasteiger partial charge in [-0.05, 0) is 73.1 Å². The summed E-state index contributed by atoms with van der Waals surface area (Å²) in [7, 11) is 2.73. The van der Waals surface area contributed by atoms with Crippen LogP contribution in [-0.4, -0.2) is 26.2 Å². The smallest absolute Gasteiger partial charge is 0.339 e. The Morgan fingerprint density at radius 3 is 2.26 bits per heavy atom. The molecule has 124 valence electrons. The van der Waals surface area contributed by atoms with E-state index in [2.05, 4.69) is 6.92 Å². The Kier molecular flexibility index (Phi) is 4.17. The Morgan fingerprint density at radius 1 is 0.957 bits per heavy atom. The van der Waals surface area contributed by atoms with Crippen molar-refractivity contribution < 1.29 is 19.1 Å².